The van der Waals surface area contributed by atoms with Gasteiger partial charge in [0.05, 0.1) is 25.4 Å². The van der Waals surface area contributed by atoms with Crippen LogP contribution >= 0.6 is 0 Å². The summed E-state index contributed by atoms with van der Waals surface area (Å²) in [5.41, 5.74) is 0. The summed E-state index contributed by atoms with van der Waals surface area (Å²) in [7, 11) is 0. The van der Waals surface area contributed by atoms with Crippen molar-refractivity contribution in [3.05, 3.63) is 24.3 Å². The summed E-state index contributed by atoms with van der Waals surface area (Å²) in [6.07, 6.45) is 81.3. The zero-order chi connectivity index (χ0) is 54.3. The van der Waals surface area contributed by atoms with E-state index in [-0.39, 0.29) is 18.5 Å². The van der Waals surface area contributed by atoms with Gasteiger partial charge in [-0.05, 0) is 57.8 Å². The molecule has 6 nitrogen and oxygen atoms in total. The highest BCUT2D eigenvalue weighted by atomic mass is 16.5. The van der Waals surface area contributed by atoms with Crippen LogP contribution in [0.4, 0.5) is 0 Å². The number of rotatable bonds is 64. The van der Waals surface area contributed by atoms with Crippen LogP contribution in [0.2, 0.25) is 0 Å². The van der Waals surface area contributed by atoms with Gasteiger partial charge >= 0.3 is 5.97 Å². The highest BCUT2D eigenvalue weighted by Crippen LogP contribution is 2.19. The van der Waals surface area contributed by atoms with Crippen molar-refractivity contribution in [3.8, 4) is 0 Å². The first-order chi connectivity index (χ1) is 37.0. The molecule has 0 saturated carbocycles. The van der Waals surface area contributed by atoms with Gasteiger partial charge in [-0.25, -0.2) is 0 Å². The number of aliphatic hydroxyl groups is 2. The molecular weight excluding hydrogens is 923 g/mol. The zero-order valence-corrected chi connectivity index (χ0v) is 50.8. The first-order valence-corrected chi connectivity index (χ1v) is 34.1. The third-order valence-electron chi connectivity index (χ3n) is 16.0. The van der Waals surface area contributed by atoms with Gasteiger partial charge in [-0.1, -0.05) is 334 Å². The van der Waals surface area contributed by atoms with Gasteiger partial charge in [0, 0.05) is 12.8 Å². The molecule has 0 rings (SSSR count). The SMILES string of the molecule is CCCCCCCC/C=C\CCCCCCCC(=O)OCCCCCCCCCCCCCCCCCCCCCCCCCCCCCCCCCCCC(=O)NC(CO)C(O)/C=C/CCCCCCCCCC. The quantitative estimate of drug-likeness (QED) is 0.0320. The van der Waals surface area contributed by atoms with Crippen molar-refractivity contribution in [3.63, 3.8) is 0 Å². The van der Waals surface area contributed by atoms with Crippen molar-refractivity contribution in [2.24, 2.45) is 0 Å². The Morgan fingerprint density at radius 3 is 0.947 bits per heavy atom. The number of nitrogens with one attached hydrogen (secondary N) is 1. The minimum Gasteiger partial charge on any atom is -0.466 e. The van der Waals surface area contributed by atoms with Crippen molar-refractivity contribution >= 4 is 11.9 Å². The Balaban J connectivity index is 3.30. The van der Waals surface area contributed by atoms with E-state index in [1.54, 1.807) is 6.08 Å². The second-order valence-corrected chi connectivity index (χ2v) is 23.5. The number of carbonyl (C=O) groups excluding carboxylic acids is 2. The monoisotopic (exact) mass is 1060 g/mol. The van der Waals surface area contributed by atoms with Gasteiger partial charge in [0.25, 0.3) is 0 Å². The van der Waals surface area contributed by atoms with Gasteiger partial charge in [0.15, 0.2) is 0 Å². The Hall–Kier alpha value is -1.66. The molecule has 444 valence electrons. The number of allylic oxidation sites excluding steroid dienone is 3. The molecule has 0 heterocycles. The molecule has 6 heteroatoms. The fraction of sp³-hybridized carbons (Fsp3) is 0.913. The molecule has 0 saturated heterocycles. The normalized spacial score (nSPS) is 12.6. The van der Waals surface area contributed by atoms with Crippen LogP contribution in [0.3, 0.4) is 0 Å². The summed E-state index contributed by atoms with van der Waals surface area (Å²) >= 11 is 0. The van der Waals surface area contributed by atoms with Crippen LogP contribution in [0.5, 0.6) is 0 Å². The number of hydrogen-bond acceptors (Lipinski definition) is 5. The molecule has 0 radical (unpaired) electrons. The lowest BCUT2D eigenvalue weighted by Gasteiger charge is -2.20. The number of aliphatic hydroxyl groups excluding tert-OH is 2. The van der Waals surface area contributed by atoms with E-state index in [4.69, 9.17) is 4.74 Å². The van der Waals surface area contributed by atoms with E-state index in [0.717, 1.165) is 44.9 Å². The van der Waals surface area contributed by atoms with E-state index >= 15 is 0 Å². The van der Waals surface area contributed by atoms with Gasteiger partial charge in [0.1, 0.15) is 0 Å². The molecule has 0 bridgehead atoms. The van der Waals surface area contributed by atoms with E-state index in [2.05, 4.69) is 31.3 Å². The standard InChI is InChI=1S/C69H133NO5/c1-3-5-7-9-11-13-15-16-36-40-43-47-51-55-59-63-69(74)75-64-60-56-52-48-44-41-38-35-33-31-29-27-25-23-21-19-17-18-20-22-24-26-28-30-32-34-37-39-42-46-50-54-58-62-68(73)70-66(65-71)67(72)61-57-53-49-45-14-12-10-8-6-4-2/h16,36,57,61,66-67,71-72H,3-15,17-35,37-56,58-60,62-65H2,1-2H3,(H,70,73)/b36-16-,61-57+. The highest BCUT2D eigenvalue weighted by Gasteiger charge is 2.18. The molecule has 0 aliphatic carbocycles. The molecule has 0 aromatic rings. The number of hydrogen-bond donors (Lipinski definition) is 3. The summed E-state index contributed by atoms with van der Waals surface area (Å²) < 4.78 is 5.49. The minimum atomic E-state index is -0.838. The van der Waals surface area contributed by atoms with Crippen LogP contribution in [0.15, 0.2) is 24.3 Å². The van der Waals surface area contributed by atoms with Crippen molar-refractivity contribution in [1.29, 1.82) is 0 Å². The third kappa shape index (κ3) is 61.4. The van der Waals surface area contributed by atoms with E-state index in [1.807, 2.05) is 6.08 Å². The molecule has 0 aliphatic rings. The van der Waals surface area contributed by atoms with Crippen molar-refractivity contribution in [1.82, 2.24) is 5.32 Å². The van der Waals surface area contributed by atoms with Crippen LogP contribution in [0.25, 0.3) is 0 Å². The van der Waals surface area contributed by atoms with Gasteiger partial charge in [-0.3, -0.25) is 9.59 Å². The summed E-state index contributed by atoms with van der Waals surface area (Å²) in [5, 5.41) is 23.0. The van der Waals surface area contributed by atoms with Crippen LogP contribution < -0.4 is 5.32 Å². The molecule has 1 amide bonds. The maximum atomic E-state index is 12.4. The smallest absolute Gasteiger partial charge is 0.305 e. The van der Waals surface area contributed by atoms with E-state index in [1.165, 1.54) is 308 Å². The Morgan fingerprint density at radius 2 is 0.627 bits per heavy atom. The second kappa shape index (κ2) is 64.9. The van der Waals surface area contributed by atoms with Crippen LogP contribution in [0, 0.1) is 0 Å². The van der Waals surface area contributed by atoms with E-state index < -0.39 is 12.1 Å². The highest BCUT2D eigenvalue weighted by molar-refractivity contribution is 5.76. The number of esters is 1. The lowest BCUT2D eigenvalue weighted by atomic mass is 10.0. The van der Waals surface area contributed by atoms with Crippen molar-refractivity contribution < 1.29 is 24.5 Å². The Labute approximate surface area is 469 Å². The molecule has 0 fully saturated rings. The topological polar surface area (TPSA) is 95.9 Å². The molecule has 2 atom stereocenters. The lowest BCUT2D eigenvalue weighted by molar-refractivity contribution is -0.143. The van der Waals surface area contributed by atoms with Crippen LogP contribution in [-0.2, 0) is 14.3 Å². The summed E-state index contributed by atoms with van der Waals surface area (Å²) in [5.74, 6) is -0.0498. The zero-order valence-electron chi connectivity index (χ0n) is 50.8. The van der Waals surface area contributed by atoms with Gasteiger partial charge in [-0.2, -0.15) is 0 Å². The van der Waals surface area contributed by atoms with Gasteiger partial charge in [-0.15, -0.1) is 0 Å². The Kier molecular flexibility index (Phi) is 63.4. The molecule has 0 spiro atoms. The first kappa shape index (κ1) is 73.3. The summed E-state index contributed by atoms with van der Waals surface area (Å²) in [6.45, 7) is 4.90. The van der Waals surface area contributed by atoms with Crippen molar-refractivity contribution in [2.45, 2.75) is 392 Å². The van der Waals surface area contributed by atoms with Crippen LogP contribution in [-0.4, -0.2) is 47.4 Å². The largest absolute Gasteiger partial charge is 0.466 e. The Morgan fingerprint density at radius 1 is 0.360 bits per heavy atom. The number of ether oxygens (including phenoxy) is 1. The fourth-order valence-electron chi connectivity index (χ4n) is 10.7. The van der Waals surface area contributed by atoms with Gasteiger partial charge < -0.3 is 20.3 Å². The number of amides is 1. The molecule has 0 aromatic carbocycles. The predicted octanol–water partition coefficient (Wildman–Crippen LogP) is 21.8. The number of carbonyl (C=O) groups is 2. The lowest BCUT2D eigenvalue weighted by Crippen LogP contribution is -2.45. The van der Waals surface area contributed by atoms with Crippen LogP contribution in [0.1, 0.15) is 380 Å². The molecule has 3 N–H and O–H groups in total. The second-order valence-electron chi connectivity index (χ2n) is 23.5. The van der Waals surface area contributed by atoms with E-state index in [9.17, 15) is 19.8 Å². The molecule has 0 aliphatic heterocycles. The number of unbranched alkanes of at least 4 members (excludes halogenated alkanes) is 51. The average molecular weight is 1060 g/mol. The average Bonchev–Trinajstić information content (AvgIpc) is 3.41. The maximum absolute atomic E-state index is 12.4. The van der Waals surface area contributed by atoms with Crippen molar-refractivity contribution in [2.75, 3.05) is 13.2 Å². The summed E-state index contributed by atoms with van der Waals surface area (Å²) in [4.78, 5) is 24.5. The molecular formula is C69H133NO5. The summed E-state index contributed by atoms with van der Waals surface area (Å²) in [6, 6.07) is -0.622. The van der Waals surface area contributed by atoms with E-state index in [0.29, 0.717) is 19.4 Å². The third-order valence-corrected chi connectivity index (χ3v) is 16.0. The maximum Gasteiger partial charge on any atom is 0.305 e. The first-order valence-electron chi connectivity index (χ1n) is 34.1. The molecule has 0 aromatic heterocycles. The molecule has 2 unspecified atom stereocenters. The molecule has 75 heavy (non-hydrogen) atoms. The van der Waals surface area contributed by atoms with Gasteiger partial charge in [0.2, 0.25) is 5.91 Å². The Bertz CT molecular complexity index is 1170. The minimum absolute atomic E-state index is 0.0139. The predicted molar refractivity (Wildman–Crippen MR) is 329 cm³/mol. The fourth-order valence-corrected chi connectivity index (χ4v) is 10.7.